The number of benzene rings is 4. The minimum atomic E-state index is -0.958. The summed E-state index contributed by atoms with van der Waals surface area (Å²) in [5.74, 6) is 0.888. The highest BCUT2D eigenvalue weighted by atomic mass is 79.9. The van der Waals surface area contributed by atoms with Gasteiger partial charge in [-0.05, 0) is 159 Å². The van der Waals surface area contributed by atoms with E-state index in [0.29, 0.717) is 39.3 Å². The molecule has 4 aromatic carbocycles. The molecule has 4 aromatic rings. The average molecular weight is 851 g/mol. The SMILES string of the molecule is CC/C=C(/O)C(Cc1ccc(OCCCc2ccc3c(c2)Cc2cc(CCCOc4ccc(CC(OCC)C(=O)O)cc4Br)ccc2-3)c(Br)c1)OCC. The lowest BCUT2D eigenvalue weighted by Gasteiger charge is -2.17. The number of halogens is 2. The highest BCUT2D eigenvalue weighted by Crippen LogP contribution is 2.38. The van der Waals surface area contributed by atoms with Gasteiger partial charge in [0.1, 0.15) is 23.4 Å². The molecule has 1 aliphatic rings. The predicted octanol–water partition coefficient (Wildman–Crippen LogP) is 10.6. The number of hydrogen-bond donors (Lipinski definition) is 2. The number of ether oxygens (including phenoxy) is 4. The Morgan fingerprint density at radius 2 is 1.15 bits per heavy atom. The van der Waals surface area contributed by atoms with Crippen molar-refractivity contribution in [3.63, 3.8) is 0 Å². The third-order valence-corrected chi connectivity index (χ3v) is 10.6. The Morgan fingerprint density at radius 1 is 0.679 bits per heavy atom. The molecule has 2 unspecified atom stereocenters. The molecule has 0 aliphatic heterocycles. The van der Waals surface area contributed by atoms with Crippen molar-refractivity contribution in [1.82, 2.24) is 0 Å². The van der Waals surface area contributed by atoms with E-state index in [1.165, 1.54) is 33.4 Å². The Morgan fingerprint density at radius 3 is 1.60 bits per heavy atom. The van der Waals surface area contributed by atoms with E-state index in [1.807, 2.05) is 50.2 Å². The Bertz CT molecular complexity index is 1870. The maximum Gasteiger partial charge on any atom is 0.333 e. The lowest BCUT2D eigenvalue weighted by molar-refractivity contribution is -0.149. The zero-order chi connectivity index (χ0) is 37.7. The molecule has 7 nitrogen and oxygen atoms in total. The van der Waals surface area contributed by atoms with Crippen LogP contribution in [0.3, 0.4) is 0 Å². The summed E-state index contributed by atoms with van der Waals surface area (Å²) in [6.07, 6.45) is 6.87. The van der Waals surface area contributed by atoms with Gasteiger partial charge in [0.2, 0.25) is 0 Å². The number of carboxylic acid groups (broad SMARTS) is 1. The molecule has 0 amide bonds. The Labute approximate surface area is 330 Å². The second kappa shape index (κ2) is 20.2. The third-order valence-electron chi connectivity index (χ3n) is 9.33. The number of allylic oxidation sites excluding steroid dienone is 1. The third kappa shape index (κ3) is 11.4. The van der Waals surface area contributed by atoms with E-state index in [4.69, 9.17) is 18.9 Å². The van der Waals surface area contributed by atoms with Crippen LogP contribution in [0.1, 0.15) is 73.4 Å². The molecule has 53 heavy (non-hydrogen) atoms. The van der Waals surface area contributed by atoms with Gasteiger partial charge in [0.15, 0.2) is 6.10 Å². The van der Waals surface area contributed by atoms with Crippen LogP contribution in [0.5, 0.6) is 11.5 Å². The first kappa shape index (κ1) is 40.6. The number of carbonyl (C=O) groups is 1. The molecule has 2 atom stereocenters. The summed E-state index contributed by atoms with van der Waals surface area (Å²) < 4.78 is 25.0. The quantitative estimate of drug-likeness (QED) is 0.0561. The van der Waals surface area contributed by atoms with Gasteiger partial charge in [0, 0.05) is 26.1 Å². The average Bonchev–Trinajstić information content (AvgIpc) is 3.50. The van der Waals surface area contributed by atoms with Crippen molar-refractivity contribution in [2.75, 3.05) is 26.4 Å². The molecular weight excluding hydrogens is 800 g/mol. The van der Waals surface area contributed by atoms with Gasteiger partial charge in [-0.3, -0.25) is 0 Å². The molecule has 0 saturated carbocycles. The zero-order valence-corrected chi connectivity index (χ0v) is 34.0. The van der Waals surface area contributed by atoms with Crippen LogP contribution in [0.2, 0.25) is 0 Å². The summed E-state index contributed by atoms with van der Waals surface area (Å²) in [7, 11) is 0. The molecule has 0 bridgehead atoms. The van der Waals surface area contributed by atoms with Crippen LogP contribution in [0.15, 0.2) is 93.6 Å². The highest BCUT2D eigenvalue weighted by molar-refractivity contribution is 9.10. The van der Waals surface area contributed by atoms with E-state index >= 15 is 0 Å². The molecule has 0 radical (unpaired) electrons. The fourth-order valence-corrected chi connectivity index (χ4v) is 7.84. The molecule has 0 saturated heterocycles. The molecule has 5 rings (SSSR count). The van der Waals surface area contributed by atoms with Crippen molar-refractivity contribution >= 4 is 37.8 Å². The molecule has 0 aromatic heterocycles. The molecular formula is C44H50Br2O7. The number of aliphatic hydroxyl groups is 1. The lowest BCUT2D eigenvalue weighted by atomic mass is 10.00. The fraction of sp³-hybridized carbons (Fsp3) is 0.386. The van der Waals surface area contributed by atoms with E-state index in [2.05, 4.69) is 68.3 Å². The summed E-state index contributed by atoms with van der Waals surface area (Å²) in [5, 5.41) is 19.7. The van der Waals surface area contributed by atoms with E-state index in [0.717, 1.165) is 70.1 Å². The van der Waals surface area contributed by atoms with E-state index in [1.54, 1.807) is 13.0 Å². The van der Waals surface area contributed by atoms with Gasteiger partial charge in [-0.1, -0.05) is 55.5 Å². The monoisotopic (exact) mass is 848 g/mol. The van der Waals surface area contributed by atoms with Gasteiger partial charge in [0.05, 0.1) is 22.2 Å². The van der Waals surface area contributed by atoms with Crippen LogP contribution in [0.4, 0.5) is 0 Å². The Balaban J connectivity index is 1.06. The van der Waals surface area contributed by atoms with Crippen LogP contribution in [0, 0.1) is 0 Å². The second-order valence-electron chi connectivity index (χ2n) is 13.3. The first-order chi connectivity index (χ1) is 25.7. The van der Waals surface area contributed by atoms with Crippen LogP contribution in [0.25, 0.3) is 11.1 Å². The normalized spacial score (nSPS) is 13.3. The van der Waals surface area contributed by atoms with E-state index in [9.17, 15) is 15.0 Å². The number of aliphatic hydroxyl groups excluding tert-OH is 1. The Hall–Kier alpha value is -3.63. The minimum Gasteiger partial charge on any atom is -0.510 e. The van der Waals surface area contributed by atoms with E-state index in [-0.39, 0.29) is 11.9 Å². The molecule has 9 heteroatoms. The Kier molecular flexibility index (Phi) is 15.4. The summed E-state index contributed by atoms with van der Waals surface area (Å²) in [6, 6.07) is 25.5. The van der Waals surface area contributed by atoms with Gasteiger partial charge in [-0.2, -0.15) is 0 Å². The zero-order valence-electron chi connectivity index (χ0n) is 30.8. The number of rotatable bonds is 21. The van der Waals surface area contributed by atoms with Gasteiger partial charge in [0.25, 0.3) is 0 Å². The maximum absolute atomic E-state index is 11.4. The maximum atomic E-state index is 11.4. The molecule has 282 valence electrons. The van der Waals surface area contributed by atoms with Crippen LogP contribution in [-0.4, -0.2) is 54.8 Å². The number of carboxylic acids is 1. The highest BCUT2D eigenvalue weighted by Gasteiger charge is 2.21. The van der Waals surface area contributed by atoms with Crippen molar-refractivity contribution < 1.29 is 34.0 Å². The molecule has 2 N–H and O–H groups in total. The number of aliphatic carboxylic acids is 1. The van der Waals surface area contributed by atoms with E-state index < -0.39 is 12.1 Å². The summed E-state index contributed by atoms with van der Waals surface area (Å²) in [6.45, 7) is 7.83. The molecule has 1 aliphatic carbocycles. The standard InChI is InChI=1S/C44H50Br2O7/c1-4-9-39(47)42(50-5-2)26-31-14-18-40(37(45)24-31)52-20-7-10-29-12-16-35-33(22-29)28-34-23-30(13-17-36(34)35)11-8-21-53-41-19-15-32(25-38(41)46)27-43(44(48)49)51-6-3/h9,12-19,22-25,42-43,47H,4-8,10-11,20-21,26-28H2,1-3H3,(H,48,49)/b39-9+. The topological polar surface area (TPSA) is 94.5 Å². The lowest BCUT2D eigenvalue weighted by Crippen LogP contribution is -2.26. The number of fused-ring (bicyclic) bond motifs is 3. The smallest absolute Gasteiger partial charge is 0.333 e. The fourth-order valence-electron chi connectivity index (χ4n) is 6.76. The number of hydrogen-bond acceptors (Lipinski definition) is 6. The van der Waals surface area contributed by atoms with Gasteiger partial charge in [-0.25, -0.2) is 4.79 Å². The van der Waals surface area contributed by atoms with Crippen molar-refractivity contribution in [2.24, 2.45) is 0 Å². The van der Waals surface area contributed by atoms with Crippen LogP contribution in [-0.2, 0) is 46.4 Å². The first-order valence-corrected chi connectivity index (χ1v) is 20.2. The molecule has 0 fully saturated rings. The predicted molar refractivity (Wildman–Crippen MR) is 217 cm³/mol. The molecule has 0 spiro atoms. The van der Waals surface area contributed by atoms with Crippen molar-refractivity contribution in [1.29, 1.82) is 0 Å². The van der Waals surface area contributed by atoms with Gasteiger partial charge in [-0.15, -0.1) is 0 Å². The summed E-state index contributed by atoms with van der Waals surface area (Å²) >= 11 is 7.25. The van der Waals surface area contributed by atoms with Gasteiger partial charge < -0.3 is 29.2 Å². The van der Waals surface area contributed by atoms with Crippen molar-refractivity contribution in [3.8, 4) is 22.6 Å². The van der Waals surface area contributed by atoms with Crippen LogP contribution < -0.4 is 9.47 Å². The summed E-state index contributed by atoms with van der Waals surface area (Å²) in [5.41, 5.74) is 9.99. The van der Waals surface area contributed by atoms with Gasteiger partial charge >= 0.3 is 5.97 Å². The number of aryl methyl sites for hydroxylation is 2. The summed E-state index contributed by atoms with van der Waals surface area (Å²) in [4.78, 5) is 11.4. The second-order valence-corrected chi connectivity index (χ2v) is 15.0. The first-order valence-electron chi connectivity index (χ1n) is 18.6. The largest absolute Gasteiger partial charge is 0.510 e. The van der Waals surface area contributed by atoms with Crippen molar-refractivity contribution in [2.45, 2.75) is 84.3 Å². The minimum absolute atomic E-state index is 0.285. The van der Waals surface area contributed by atoms with Crippen molar-refractivity contribution in [3.05, 3.63) is 127 Å². The molecule has 0 heterocycles. The van der Waals surface area contributed by atoms with Crippen LogP contribution >= 0.6 is 31.9 Å².